The van der Waals surface area contributed by atoms with Gasteiger partial charge in [0.1, 0.15) is 24.5 Å². The van der Waals surface area contributed by atoms with E-state index >= 15 is 0 Å². The Bertz CT molecular complexity index is 1370. The number of nitrogens with zero attached hydrogens (tertiary/aromatic N) is 4. The summed E-state index contributed by atoms with van der Waals surface area (Å²) in [5.74, 6) is 2.04. The molecule has 0 aliphatic carbocycles. The molecule has 4 aromatic rings. The summed E-state index contributed by atoms with van der Waals surface area (Å²) in [6.07, 6.45) is 3.38. The number of hydrogen-bond donors (Lipinski definition) is 0. The molecule has 0 radical (unpaired) electrons. The molecule has 0 saturated carbocycles. The third-order valence-electron chi connectivity index (χ3n) is 6.29. The Morgan fingerprint density at radius 3 is 2.50 bits per heavy atom. The third-order valence-corrected chi connectivity index (χ3v) is 6.29. The minimum absolute atomic E-state index is 0.148. The Labute approximate surface area is 222 Å². The van der Waals surface area contributed by atoms with Crippen molar-refractivity contribution < 1.29 is 19.0 Å². The summed E-state index contributed by atoms with van der Waals surface area (Å²) in [4.78, 5) is 26.0. The molecule has 8 heteroatoms. The number of hydrogen-bond acceptors (Lipinski definition) is 7. The van der Waals surface area contributed by atoms with Gasteiger partial charge in [0.25, 0.3) is 5.91 Å². The van der Waals surface area contributed by atoms with Crippen LogP contribution in [0.25, 0.3) is 0 Å². The van der Waals surface area contributed by atoms with E-state index in [1.807, 2.05) is 60.7 Å². The van der Waals surface area contributed by atoms with Crippen molar-refractivity contribution in [3.63, 3.8) is 0 Å². The number of benzene rings is 2. The smallest absolute Gasteiger partial charge is 0.259 e. The normalized spacial score (nSPS) is 14.6. The van der Waals surface area contributed by atoms with Gasteiger partial charge in [-0.05, 0) is 42.5 Å². The largest absolute Gasteiger partial charge is 0.488 e. The van der Waals surface area contributed by atoms with E-state index in [0.29, 0.717) is 56.5 Å². The molecule has 2 aromatic heterocycles. The van der Waals surface area contributed by atoms with Crippen molar-refractivity contribution in [1.82, 2.24) is 19.8 Å². The van der Waals surface area contributed by atoms with Crippen LogP contribution in [0.4, 0.5) is 0 Å². The summed E-state index contributed by atoms with van der Waals surface area (Å²) in [6.45, 7) is 3.30. The van der Waals surface area contributed by atoms with Gasteiger partial charge in [0.15, 0.2) is 11.5 Å². The first-order chi connectivity index (χ1) is 18.7. The first-order valence-electron chi connectivity index (χ1n) is 12.6. The van der Waals surface area contributed by atoms with Crippen LogP contribution in [-0.2, 0) is 13.2 Å². The average Bonchev–Trinajstić information content (AvgIpc) is 2.97. The summed E-state index contributed by atoms with van der Waals surface area (Å²) in [7, 11) is 1.80. The van der Waals surface area contributed by atoms with Crippen LogP contribution >= 0.6 is 0 Å². The lowest BCUT2D eigenvalue weighted by Gasteiger charge is -2.26. The van der Waals surface area contributed by atoms with Gasteiger partial charge in [0.05, 0.1) is 5.69 Å². The van der Waals surface area contributed by atoms with Crippen LogP contribution in [0.2, 0.25) is 0 Å². The average molecular weight is 511 g/mol. The molecule has 38 heavy (non-hydrogen) atoms. The van der Waals surface area contributed by atoms with Crippen molar-refractivity contribution in [1.29, 1.82) is 0 Å². The molecule has 0 saturated heterocycles. The fraction of sp³-hybridized carbons (Fsp3) is 0.233. The highest BCUT2D eigenvalue weighted by molar-refractivity contribution is 5.96. The van der Waals surface area contributed by atoms with Crippen LogP contribution in [0.5, 0.6) is 23.1 Å². The quantitative estimate of drug-likeness (QED) is 0.381. The van der Waals surface area contributed by atoms with Gasteiger partial charge in [-0.15, -0.1) is 0 Å². The number of rotatable bonds is 5. The Kier molecular flexibility index (Phi) is 8.10. The molecule has 1 aliphatic heterocycles. The van der Waals surface area contributed by atoms with Crippen LogP contribution in [0.1, 0.15) is 21.6 Å². The van der Waals surface area contributed by atoms with Crippen molar-refractivity contribution in [2.24, 2.45) is 0 Å². The lowest BCUT2D eigenvalue weighted by Crippen LogP contribution is -2.38. The molecule has 8 nitrogen and oxygen atoms in total. The second-order valence-corrected chi connectivity index (χ2v) is 8.97. The zero-order chi connectivity index (χ0) is 26.2. The maximum atomic E-state index is 13.3. The molecule has 0 unspecified atom stereocenters. The number of para-hydroxylation sites is 3. The van der Waals surface area contributed by atoms with Crippen molar-refractivity contribution in [3.05, 3.63) is 108 Å². The van der Waals surface area contributed by atoms with Gasteiger partial charge in [0, 0.05) is 51.2 Å². The van der Waals surface area contributed by atoms with Gasteiger partial charge in [-0.25, -0.2) is 4.98 Å². The number of fused-ring (bicyclic) bond motifs is 2. The molecule has 194 valence electrons. The third kappa shape index (κ3) is 6.27. The SMILES string of the molecule is CN1CCN(Cc2ccccc2OCc2ccccn2)CCOc2ccccc2Oc2ncccc2C1=O. The molecular weight excluding hydrogens is 480 g/mol. The predicted octanol–water partition coefficient (Wildman–Crippen LogP) is 4.81. The Hall–Kier alpha value is -4.43. The monoisotopic (exact) mass is 510 g/mol. The lowest BCUT2D eigenvalue weighted by atomic mass is 10.2. The minimum atomic E-state index is -0.148. The highest BCUT2D eigenvalue weighted by Gasteiger charge is 2.21. The first kappa shape index (κ1) is 25.2. The molecule has 5 rings (SSSR count). The molecule has 3 heterocycles. The minimum Gasteiger partial charge on any atom is -0.488 e. The fourth-order valence-corrected chi connectivity index (χ4v) is 4.20. The van der Waals surface area contributed by atoms with Crippen molar-refractivity contribution in [2.75, 3.05) is 33.3 Å². The standard InChI is InChI=1S/C30H30N4O4/c1-33-17-18-34(21-23-9-2-3-12-26(23)37-22-24-10-6-7-15-31-24)19-20-36-27-13-4-5-14-28(27)38-29-25(30(33)35)11-8-16-32-29/h2-16H,17-22H2,1H3. The van der Waals surface area contributed by atoms with E-state index < -0.39 is 0 Å². The summed E-state index contributed by atoms with van der Waals surface area (Å²) >= 11 is 0. The molecule has 0 N–H and O–H groups in total. The maximum absolute atomic E-state index is 13.3. The molecule has 1 amide bonds. The van der Waals surface area contributed by atoms with E-state index in [1.165, 1.54) is 0 Å². The number of carbonyl (C=O) groups is 1. The number of carbonyl (C=O) groups excluding carboxylic acids is 1. The first-order valence-corrected chi connectivity index (χ1v) is 12.6. The van der Waals surface area contributed by atoms with E-state index in [-0.39, 0.29) is 11.8 Å². The zero-order valence-electron chi connectivity index (χ0n) is 21.3. The van der Waals surface area contributed by atoms with Gasteiger partial charge < -0.3 is 19.1 Å². The zero-order valence-corrected chi connectivity index (χ0v) is 21.3. The van der Waals surface area contributed by atoms with Gasteiger partial charge in [-0.1, -0.05) is 36.4 Å². The van der Waals surface area contributed by atoms with E-state index in [1.54, 1.807) is 36.5 Å². The summed E-state index contributed by atoms with van der Waals surface area (Å²) in [5, 5.41) is 0. The van der Waals surface area contributed by atoms with Crippen molar-refractivity contribution in [2.45, 2.75) is 13.2 Å². The Morgan fingerprint density at radius 2 is 1.63 bits per heavy atom. The van der Waals surface area contributed by atoms with Crippen LogP contribution in [-0.4, -0.2) is 59.0 Å². The number of amides is 1. The molecule has 2 aromatic carbocycles. The summed E-state index contributed by atoms with van der Waals surface area (Å²) in [6, 6.07) is 24.7. The fourth-order valence-electron chi connectivity index (χ4n) is 4.20. The van der Waals surface area contributed by atoms with Gasteiger partial charge >= 0.3 is 0 Å². The topological polar surface area (TPSA) is 77.0 Å². The Morgan fingerprint density at radius 1 is 0.842 bits per heavy atom. The molecule has 0 fully saturated rings. The van der Waals surface area contributed by atoms with E-state index in [2.05, 4.69) is 20.9 Å². The van der Waals surface area contributed by atoms with E-state index in [0.717, 1.165) is 17.0 Å². The van der Waals surface area contributed by atoms with Crippen LogP contribution in [0.3, 0.4) is 0 Å². The molecule has 0 atom stereocenters. The second kappa shape index (κ2) is 12.2. The number of likely N-dealkylation sites (N-methyl/N-ethyl adjacent to an activating group) is 1. The number of ether oxygens (including phenoxy) is 3. The Balaban J connectivity index is 1.36. The van der Waals surface area contributed by atoms with Crippen LogP contribution in [0.15, 0.2) is 91.3 Å². The van der Waals surface area contributed by atoms with Crippen LogP contribution < -0.4 is 14.2 Å². The predicted molar refractivity (Wildman–Crippen MR) is 143 cm³/mol. The van der Waals surface area contributed by atoms with Gasteiger partial charge in [-0.3, -0.25) is 14.7 Å². The molecule has 0 spiro atoms. The highest BCUT2D eigenvalue weighted by Crippen LogP contribution is 2.32. The number of aromatic nitrogens is 2. The molecule has 1 aliphatic rings. The van der Waals surface area contributed by atoms with Gasteiger partial charge in [0.2, 0.25) is 5.88 Å². The lowest BCUT2D eigenvalue weighted by molar-refractivity contribution is 0.0770. The second-order valence-electron chi connectivity index (χ2n) is 8.97. The molecular formula is C30H30N4O4. The van der Waals surface area contributed by atoms with Crippen molar-refractivity contribution in [3.8, 4) is 23.1 Å². The van der Waals surface area contributed by atoms with Crippen LogP contribution in [0, 0.1) is 0 Å². The van der Waals surface area contributed by atoms with E-state index in [4.69, 9.17) is 14.2 Å². The van der Waals surface area contributed by atoms with Crippen molar-refractivity contribution >= 4 is 5.91 Å². The summed E-state index contributed by atoms with van der Waals surface area (Å²) < 4.78 is 18.3. The van der Waals surface area contributed by atoms with E-state index in [9.17, 15) is 4.79 Å². The van der Waals surface area contributed by atoms with Gasteiger partial charge in [-0.2, -0.15) is 0 Å². The molecule has 0 bridgehead atoms. The summed E-state index contributed by atoms with van der Waals surface area (Å²) in [5.41, 5.74) is 2.33. The maximum Gasteiger partial charge on any atom is 0.259 e. The number of pyridine rings is 2. The highest BCUT2D eigenvalue weighted by atomic mass is 16.5.